The minimum Gasteiger partial charge on any atom is -0.484 e. The molecule has 5 nitrogen and oxygen atoms in total. The van der Waals surface area contributed by atoms with Crippen LogP contribution in [-0.4, -0.2) is 35.4 Å². The fraction of sp³-hybridized carbons (Fsp3) is 0.355. The molecule has 7 heteroatoms. The Hall–Kier alpha value is -3.02. The predicted octanol–water partition coefficient (Wildman–Crippen LogP) is 6.83. The van der Waals surface area contributed by atoms with Crippen molar-refractivity contribution in [2.45, 2.75) is 65.1 Å². The summed E-state index contributed by atoms with van der Waals surface area (Å²) in [5, 5.41) is 3.90. The van der Waals surface area contributed by atoms with Crippen molar-refractivity contribution in [3.63, 3.8) is 0 Å². The van der Waals surface area contributed by atoms with Crippen LogP contribution in [0.4, 0.5) is 0 Å². The zero-order valence-corrected chi connectivity index (χ0v) is 24.1. The number of halogens is 2. The highest BCUT2D eigenvalue weighted by atomic mass is 35.5. The molecule has 0 saturated heterocycles. The minimum atomic E-state index is -0.772. The predicted molar refractivity (Wildman–Crippen MR) is 155 cm³/mol. The van der Waals surface area contributed by atoms with Crippen molar-refractivity contribution in [3.05, 3.63) is 99.5 Å². The maximum absolute atomic E-state index is 13.7. The normalized spacial score (nSPS) is 12.2. The Labute approximate surface area is 236 Å². The van der Waals surface area contributed by atoms with Crippen LogP contribution >= 0.6 is 23.2 Å². The van der Waals surface area contributed by atoms with E-state index in [1.807, 2.05) is 68.4 Å². The van der Waals surface area contributed by atoms with E-state index in [0.717, 1.165) is 5.56 Å². The van der Waals surface area contributed by atoms with E-state index in [1.54, 1.807) is 23.1 Å². The summed E-state index contributed by atoms with van der Waals surface area (Å²) in [6, 6.07) is 21.6. The van der Waals surface area contributed by atoms with Crippen LogP contribution in [0, 0.1) is 0 Å². The highest BCUT2D eigenvalue weighted by molar-refractivity contribution is 6.35. The summed E-state index contributed by atoms with van der Waals surface area (Å²) in [5.74, 6) is 0.0228. The molecule has 2 amide bonds. The monoisotopic (exact) mass is 554 g/mol. The second-order valence-electron chi connectivity index (χ2n) is 10.7. The molecule has 0 heterocycles. The Balaban J connectivity index is 1.91. The molecule has 1 atom stereocenters. The Kier molecular flexibility index (Phi) is 10.2. The average molecular weight is 556 g/mol. The summed E-state index contributed by atoms with van der Waals surface area (Å²) in [4.78, 5) is 28.7. The first-order chi connectivity index (χ1) is 17.9. The molecule has 0 aliphatic carbocycles. The van der Waals surface area contributed by atoms with Gasteiger partial charge in [0.15, 0.2) is 6.61 Å². The molecule has 0 aliphatic rings. The van der Waals surface area contributed by atoms with Gasteiger partial charge in [-0.05, 0) is 60.2 Å². The Morgan fingerprint density at radius 2 is 1.61 bits per heavy atom. The van der Waals surface area contributed by atoms with Gasteiger partial charge in [-0.3, -0.25) is 9.59 Å². The van der Waals surface area contributed by atoms with Gasteiger partial charge in [-0.25, -0.2) is 0 Å². The largest absolute Gasteiger partial charge is 0.484 e. The van der Waals surface area contributed by atoms with Gasteiger partial charge in [0.2, 0.25) is 5.91 Å². The van der Waals surface area contributed by atoms with Crippen molar-refractivity contribution >= 4 is 35.0 Å². The van der Waals surface area contributed by atoms with Gasteiger partial charge in [-0.1, -0.05) is 92.5 Å². The van der Waals surface area contributed by atoms with E-state index in [-0.39, 0.29) is 36.4 Å². The lowest BCUT2D eigenvalue weighted by Crippen LogP contribution is -2.52. The number of ether oxygens (including phenoxy) is 1. The highest BCUT2D eigenvalue weighted by Crippen LogP contribution is 2.26. The number of carbonyl (C=O) groups excluding carboxylic acids is 2. The first kappa shape index (κ1) is 29.5. The molecule has 0 aromatic heterocycles. The van der Waals surface area contributed by atoms with Crippen LogP contribution in [0.25, 0.3) is 0 Å². The molecule has 0 spiro atoms. The summed E-state index contributed by atoms with van der Waals surface area (Å²) in [6.45, 7) is 10.1. The summed E-state index contributed by atoms with van der Waals surface area (Å²) < 4.78 is 5.89. The van der Waals surface area contributed by atoms with E-state index in [4.69, 9.17) is 27.9 Å². The molecule has 0 aliphatic heterocycles. The Bertz CT molecular complexity index is 1220. The van der Waals surface area contributed by atoms with Gasteiger partial charge in [0.1, 0.15) is 11.8 Å². The summed E-state index contributed by atoms with van der Waals surface area (Å²) in [5.41, 5.74) is 2.81. The third-order valence-electron chi connectivity index (χ3n) is 6.14. The number of nitrogens with zero attached hydrogens (tertiary/aromatic N) is 1. The van der Waals surface area contributed by atoms with Gasteiger partial charge in [0.25, 0.3) is 5.91 Å². The van der Waals surface area contributed by atoms with E-state index >= 15 is 0 Å². The summed E-state index contributed by atoms with van der Waals surface area (Å²) in [7, 11) is 0. The second kappa shape index (κ2) is 13.2. The van der Waals surface area contributed by atoms with Crippen LogP contribution in [0.5, 0.6) is 5.75 Å². The molecule has 0 unspecified atom stereocenters. The SMILES string of the molecule is CC(C)NC(=O)[C@H](Cc1ccccc1)N(Cc1ccc(Cl)cc1Cl)C(=O)COc1ccc(C(C)(C)C)cc1. The third kappa shape index (κ3) is 8.50. The molecule has 3 rings (SSSR count). The Morgan fingerprint density at radius 3 is 2.18 bits per heavy atom. The van der Waals surface area contributed by atoms with Crippen molar-refractivity contribution in [2.24, 2.45) is 0 Å². The van der Waals surface area contributed by atoms with Crippen LogP contribution in [0.2, 0.25) is 10.0 Å². The number of nitrogens with one attached hydrogen (secondary N) is 1. The maximum atomic E-state index is 13.7. The smallest absolute Gasteiger partial charge is 0.261 e. The summed E-state index contributed by atoms with van der Waals surface area (Å²) >= 11 is 12.6. The molecule has 3 aromatic carbocycles. The third-order valence-corrected chi connectivity index (χ3v) is 6.73. The van der Waals surface area contributed by atoms with Crippen molar-refractivity contribution in [1.82, 2.24) is 10.2 Å². The van der Waals surface area contributed by atoms with Gasteiger partial charge >= 0.3 is 0 Å². The molecule has 3 aromatic rings. The highest BCUT2D eigenvalue weighted by Gasteiger charge is 2.31. The average Bonchev–Trinajstić information content (AvgIpc) is 2.85. The molecule has 202 valence electrons. The summed E-state index contributed by atoms with van der Waals surface area (Å²) in [6.07, 6.45) is 0.344. The number of hydrogen-bond acceptors (Lipinski definition) is 3. The fourth-order valence-electron chi connectivity index (χ4n) is 4.05. The lowest BCUT2D eigenvalue weighted by atomic mass is 9.87. The molecular formula is C31H36Cl2N2O3. The molecule has 0 bridgehead atoms. The Morgan fingerprint density at radius 1 is 0.947 bits per heavy atom. The maximum Gasteiger partial charge on any atom is 0.261 e. The topological polar surface area (TPSA) is 58.6 Å². The zero-order valence-electron chi connectivity index (χ0n) is 22.6. The number of rotatable bonds is 10. The van der Waals surface area contributed by atoms with Gasteiger partial charge in [0.05, 0.1) is 0 Å². The van der Waals surface area contributed by atoms with Crippen LogP contribution in [0.1, 0.15) is 51.3 Å². The van der Waals surface area contributed by atoms with Gasteiger partial charge in [0, 0.05) is 29.1 Å². The van der Waals surface area contributed by atoms with Crippen molar-refractivity contribution in [3.8, 4) is 5.75 Å². The molecular weight excluding hydrogens is 519 g/mol. The van der Waals surface area contributed by atoms with Gasteiger partial charge in [-0.15, -0.1) is 0 Å². The lowest BCUT2D eigenvalue weighted by Gasteiger charge is -2.32. The standard InChI is InChI=1S/C31H36Cl2N2O3/c1-21(2)34-30(37)28(17-22-9-7-6-8-10-22)35(19-23-11-14-25(32)18-27(23)33)29(36)20-38-26-15-12-24(13-16-26)31(3,4)5/h6-16,18,21,28H,17,19-20H2,1-5H3,(H,34,37)/t28-/m0/s1. The number of amides is 2. The van der Waals surface area contributed by atoms with E-state index in [2.05, 4.69) is 26.1 Å². The second-order valence-corrected chi connectivity index (χ2v) is 11.5. The minimum absolute atomic E-state index is 0.0113. The zero-order chi connectivity index (χ0) is 27.9. The van der Waals surface area contributed by atoms with Crippen LogP contribution in [0.15, 0.2) is 72.8 Å². The van der Waals surface area contributed by atoms with E-state index < -0.39 is 6.04 Å². The molecule has 0 radical (unpaired) electrons. The van der Waals surface area contributed by atoms with E-state index in [0.29, 0.717) is 27.8 Å². The lowest BCUT2D eigenvalue weighted by molar-refractivity contribution is -0.143. The number of benzene rings is 3. The van der Waals surface area contributed by atoms with Crippen LogP contribution in [-0.2, 0) is 28.0 Å². The van der Waals surface area contributed by atoms with Gasteiger partial charge in [-0.2, -0.15) is 0 Å². The first-order valence-electron chi connectivity index (χ1n) is 12.7. The molecule has 1 N–H and O–H groups in total. The van der Waals surface area contributed by atoms with Crippen molar-refractivity contribution in [1.29, 1.82) is 0 Å². The van der Waals surface area contributed by atoms with E-state index in [1.165, 1.54) is 5.56 Å². The van der Waals surface area contributed by atoms with Gasteiger partial charge < -0.3 is 15.0 Å². The van der Waals surface area contributed by atoms with Crippen molar-refractivity contribution in [2.75, 3.05) is 6.61 Å². The number of hydrogen-bond donors (Lipinski definition) is 1. The van der Waals surface area contributed by atoms with Crippen molar-refractivity contribution < 1.29 is 14.3 Å². The molecule has 0 fully saturated rings. The fourth-order valence-corrected chi connectivity index (χ4v) is 4.52. The molecule has 0 saturated carbocycles. The first-order valence-corrected chi connectivity index (χ1v) is 13.5. The van der Waals surface area contributed by atoms with Crippen LogP contribution < -0.4 is 10.1 Å². The quantitative estimate of drug-likeness (QED) is 0.298. The van der Waals surface area contributed by atoms with Crippen LogP contribution in [0.3, 0.4) is 0 Å². The number of carbonyl (C=O) groups is 2. The van der Waals surface area contributed by atoms with E-state index in [9.17, 15) is 9.59 Å². The molecule has 38 heavy (non-hydrogen) atoms.